The average Bonchev–Trinajstić information content (AvgIpc) is 2.80. The largest absolute Gasteiger partial charge is 0.338 e. The second-order valence-electron chi connectivity index (χ2n) is 3.73. The number of hydrogen-bond acceptors (Lipinski definition) is 3. The Kier molecular flexibility index (Phi) is 4.18. The number of halogens is 2. The smallest absolute Gasteiger partial charge is 0.240 e. The van der Waals surface area contributed by atoms with Crippen molar-refractivity contribution in [3.8, 4) is 0 Å². The van der Waals surface area contributed by atoms with Crippen LogP contribution in [-0.4, -0.2) is 10.1 Å². The van der Waals surface area contributed by atoms with Crippen LogP contribution in [0.2, 0.25) is 5.02 Å². The molecule has 1 heterocycles. The van der Waals surface area contributed by atoms with Gasteiger partial charge in [0.15, 0.2) is 5.82 Å². The second-order valence-corrected chi connectivity index (χ2v) is 5.27. The van der Waals surface area contributed by atoms with Crippen LogP contribution in [0.25, 0.3) is 0 Å². The van der Waals surface area contributed by atoms with Gasteiger partial charge in [0.1, 0.15) is 0 Å². The molecule has 0 aliphatic carbocycles. The van der Waals surface area contributed by atoms with Gasteiger partial charge >= 0.3 is 0 Å². The zero-order valence-electron chi connectivity index (χ0n) is 9.36. The molecule has 0 saturated heterocycles. The van der Waals surface area contributed by atoms with Gasteiger partial charge in [-0.3, -0.25) is 0 Å². The Morgan fingerprint density at radius 2 is 2.06 bits per heavy atom. The molecule has 0 N–H and O–H groups in total. The average molecular weight is 316 g/mol. The van der Waals surface area contributed by atoms with E-state index < -0.39 is 0 Å². The van der Waals surface area contributed by atoms with Gasteiger partial charge in [-0.15, -0.1) is 0 Å². The molecule has 0 aliphatic heterocycles. The summed E-state index contributed by atoms with van der Waals surface area (Å²) in [6, 6.07) is 7.64. The summed E-state index contributed by atoms with van der Waals surface area (Å²) in [7, 11) is 0. The highest BCUT2D eigenvalue weighted by molar-refractivity contribution is 9.09. The fourth-order valence-corrected chi connectivity index (χ4v) is 1.74. The van der Waals surface area contributed by atoms with Crippen LogP contribution in [0.1, 0.15) is 35.5 Å². The maximum atomic E-state index is 5.82. The van der Waals surface area contributed by atoms with Gasteiger partial charge in [0.05, 0.1) is 4.83 Å². The minimum absolute atomic E-state index is 0.133. The predicted octanol–water partition coefficient (Wildman–Crippen LogP) is 4.16. The zero-order chi connectivity index (χ0) is 12.3. The van der Waals surface area contributed by atoms with Crippen LogP contribution >= 0.6 is 27.5 Å². The lowest BCUT2D eigenvalue weighted by atomic mass is 10.1. The molecule has 0 amide bonds. The van der Waals surface area contributed by atoms with Gasteiger partial charge in [0, 0.05) is 11.4 Å². The highest BCUT2D eigenvalue weighted by Crippen LogP contribution is 2.24. The molecule has 0 aliphatic rings. The molecule has 2 rings (SSSR count). The van der Waals surface area contributed by atoms with E-state index in [2.05, 4.69) is 33.0 Å². The fourth-order valence-electron chi connectivity index (χ4n) is 1.43. The van der Waals surface area contributed by atoms with Crippen molar-refractivity contribution in [2.45, 2.75) is 24.6 Å². The molecule has 1 atom stereocenters. The van der Waals surface area contributed by atoms with Crippen molar-refractivity contribution in [1.29, 1.82) is 0 Å². The molecule has 17 heavy (non-hydrogen) atoms. The van der Waals surface area contributed by atoms with E-state index in [-0.39, 0.29) is 4.83 Å². The van der Waals surface area contributed by atoms with Gasteiger partial charge in [-0.05, 0) is 24.1 Å². The minimum Gasteiger partial charge on any atom is -0.338 e. The topological polar surface area (TPSA) is 38.9 Å². The van der Waals surface area contributed by atoms with E-state index in [1.54, 1.807) is 0 Å². The maximum Gasteiger partial charge on any atom is 0.240 e. The van der Waals surface area contributed by atoms with Gasteiger partial charge in [-0.2, -0.15) is 4.98 Å². The zero-order valence-corrected chi connectivity index (χ0v) is 11.7. The van der Waals surface area contributed by atoms with Crippen LogP contribution in [0.5, 0.6) is 0 Å². The third kappa shape index (κ3) is 3.30. The lowest BCUT2D eigenvalue weighted by molar-refractivity contribution is 0.372. The van der Waals surface area contributed by atoms with Crippen LogP contribution in [0, 0.1) is 0 Å². The van der Waals surface area contributed by atoms with Gasteiger partial charge in [-0.1, -0.05) is 51.7 Å². The van der Waals surface area contributed by atoms with Crippen molar-refractivity contribution in [1.82, 2.24) is 10.1 Å². The summed E-state index contributed by atoms with van der Waals surface area (Å²) in [5, 5.41) is 4.68. The molecule has 1 unspecified atom stereocenters. The summed E-state index contributed by atoms with van der Waals surface area (Å²) in [5.74, 6) is 1.33. The van der Waals surface area contributed by atoms with Crippen molar-refractivity contribution < 1.29 is 4.52 Å². The van der Waals surface area contributed by atoms with E-state index in [1.165, 1.54) is 0 Å². The minimum atomic E-state index is 0.133. The van der Waals surface area contributed by atoms with Crippen LogP contribution in [0.15, 0.2) is 28.8 Å². The molecular formula is C12H12BrClN2O. The number of benzene rings is 1. The molecule has 1 aromatic carbocycles. The van der Waals surface area contributed by atoms with E-state index in [4.69, 9.17) is 16.1 Å². The maximum absolute atomic E-state index is 5.82. The Morgan fingerprint density at radius 3 is 2.71 bits per heavy atom. The van der Waals surface area contributed by atoms with Crippen LogP contribution in [0.3, 0.4) is 0 Å². The molecule has 90 valence electrons. The molecular weight excluding hydrogens is 304 g/mol. The third-order valence-corrected chi connectivity index (χ3v) is 3.68. The Hall–Kier alpha value is -0.870. The quantitative estimate of drug-likeness (QED) is 0.795. The van der Waals surface area contributed by atoms with Crippen molar-refractivity contribution >= 4 is 27.5 Å². The van der Waals surface area contributed by atoms with Crippen molar-refractivity contribution in [2.75, 3.05) is 0 Å². The van der Waals surface area contributed by atoms with Crippen LogP contribution < -0.4 is 0 Å². The first-order chi connectivity index (χ1) is 8.19. The van der Waals surface area contributed by atoms with E-state index >= 15 is 0 Å². The number of aromatic nitrogens is 2. The van der Waals surface area contributed by atoms with Crippen molar-refractivity contribution in [3.63, 3.8) is 0 Å². The lowest BCUT2D eigenvalue weighted by Gasteiger charge is -1.97. The summed E-state index contributed by atoms with van der Waals surface area (Å²) in [5.41, 5.74) is 1.12. The van der Waals surface area contributed by atoms with E-state index in [1.807, 2.05) is 24.3 Å². The van der Waals surface area contributed by atoms with Crippen LogP contribution in [0.4, 0.5) is 0 Å². The Labute approximate surface area is 113 Å². The summed E-state index contributed by atoms with van der Waals surface area (Å²) in [6.45, 7) is 2.06. The second kappa shape index (κ2) is 5.65. The molecule has 0 radical (unpaired) electrons. The molecule has 0 spiro atoms. The Morgan fingerprint density at radius 1 is 1.35 bits per heavy atom. The summed E-state index contributed by atoms with van der Waals surface area (Å²) >= 11 is 9.30. The van der Waals surface area contributed by atoms with E-state index in [9.17, 15) is 0 Å². The number of rotatable bonds is 4. The van der Waals surface area contributed by atoms with Crippen molar-refractivity contribution in [2.24, 2.45) is 0 Å². The summed E-state index contributed by atoms with van der Waals surface area (Å²) < 4.78 is 5.18. The predicted molar refractivity (Wildman–Crippen MR) is 70.5 cm³/mol. The number of hydrogen-bond donors (Lipinski definition) is 0. The highest BCUT2D eigenvalue weighted by Gasteiger charge is 2.13. The molecule has 0 fully saturated rings. The standard InChI is InChI=1S/C12H12BrClN2O/c1-2-10(13)12-15-11(16-17-12)7-8-3-5-9(14)6-4-8/h3-6,10H,2,7H2,1H3. The molecule has 1 aromatic heterocycles. The fraction of sp³-hybridized carbons (Fsp3) is 0.333. The van der Waals surface area contributed by atoms with Gasteiger partial charge in [0.2, 0.25) is 5.89 Å². The van der Waals surface area contributed by atoms with Crippen LogP contribution in [-0.2, 0) is 6.42 Å². The first-order valence-corrected chi connectivity index (χ1v) is 6.69. The van der Waals surface area contributed by atoms with Gasteiger partial charge in [0.25, 0.3) is 0 Å². The monoisotopic (exact) mass is 314 g/mol. The SMILES string of the molecule is CCC(Br)c1nc(Cc2ccc(Cl)cc2)no1. The lowest BCUT2D eigenvalue weighted by Crippen LogP contribution is -1.92. The molecule has 0 saturated carbocycles. The number of alkyl halides is 1. The van der Waals surface area contributed by atoms with Gasteiger partial charge < -0.3 is 4.52 Å². The first kappa shape index (κ1) is 12.6. The summed E-state index contributed by atoms with van der Waals surface area (Å²) in [6.07, 6.45) is 1.58. The Balaban J connectivity index is 2.08. The summed E-state index contributed by atoms with van der Waals surface area (Å²) in [4.78, 5) is 4.47. The third-order valence-electron chi connectivity index (χ3n) is 2.39. The number of nitrogens with zero attached hydrogens (tertiary/aromatic N) is 2. The Bertz CT molecular complexity index is 484. The normalized spacial score (nSPS) is 12.6. The molecule has 0 bridgehead atoms. The molecule has 3 nitrogen and oxygen atoms in total. The highest BCUT2D eigenvalue weighted by atomic mass is 79.9. The van der Waals surface area contributed by atoms with Gasteiger partial charge in [-0.25, -0.2) is 0 Å². The van der Waals surface area contributed by atoms with E-state index in [0.717, 1.165) is 17.0 Å². The molecule has 5 heteroatoms. The van der Waals surface area contributed by atoms with E-state index in [0.29, 0.717) is 18.1 Å². The first-order valence-electron chi connectivity index (χ1n) is 5.40. The van der Waals surface area contributed by atoms with Crippen molar-refractivity contribution in [3.05, 3.63) is 46.6 Å². The molecule has 2 aromatic rings.